The van der Waals surface area contributed by atoms with E-state index in [4.69, 9.17) is 0 Å². The van der Waals surface area contributed by atoms with Crippen LogP contribution in [0.5, 0.6) is 0 Å². The van der Waals surface area contributed by atoms with Gasteiger partial charge >= 0.3 is 6.18 Å². The number of rotatable bonds is 3. The van der Waals surface area contributed by atoms with Crippen LogP contribution in [0, 0.1) is 5.92 Å². The molecule has 0 spiro atoms. The maximum atomic E-state index is 13.0. The van der Waals surface area contributed by atoms with E-state index in [9.17, 15) is 23.1 Å². The summed E-state index contributed by atoms with van der Waals surface area (Å²) in [6.07, 6.45) is -4.77. The van der Waals surface area contributed by atoms with Gasteiger partial charge in [0.2, 0.25) is 5.91 Å². The van der Waals surface area contributed by atoms with E-state index in [1.54, 1.807) is 0 Å². The van der Waals surface area contributed by atoms with Gasteiger partial charge in [0.25, 0.3) is 0 Å². The Kier molecular flexibility index (Phi) is 4.25. The van der Waals surface area contributed by atoms with Gasteiger partial charge < -0.3 is 10.4 Å². The number of anilines is 1. The number of hydrogen-bond donors (Lipinski definition) is 2. The highest BCUT2D eigenvalue weighted by atomic mass is 19.4. The maximum Gasteiger partial charge on any atom is 0.421 e. The number of aliphatic hydroxyl groups is 1. The van der Waals surface area contributed by atoms with Crippen molar-refractivity contribution in [1.82, 2.24) is 0 Å². The Hall–Kier alpha value is -1.56. The Morgan fingerprint density at radius 2 is 1.68 bits per heavy atom. The first kappa shape index (κ1) is 15.5. The Labute approximate surface area is 109 Å². The molecule has 0 aromatic heterocycles. The first-order valence-corrected chi connectivity index (χ1v) is 5.76. The average molecular weight is 275 g/mol. The maximum absolute atomic E-state index is 13.0. The van der Waals surface area contributed by atoms with Gasteiger partial charge in [-0.25, -0.2) is 0 Å². The normalized spacial score (nSPS) is 15.2. The molecule has 0 heterocycles. The van der Waals surface area contributed by atoms with Gasteiger partial charge in [-0.1, -0.05) is 26.0 Å². The minimum atomic E-state index is -4.77. The first-order chi connectivity index (χ1) is 8.59. The fourth-order valence-corrected chi connectivity index (χ4v) is 1.84. The van der Waals surface area contributed by atoms with Gasteiger partial charge in [-0.3, -0.25) is 4.79 Å². The van der Waals surface area contributed by atoms with Crippen molar-refractivity contribution in [2.75, 3.05) is 5.32 Å². The molecule has 0 aliphatic rings. The van der Waals surface area contributed by atoms with Crippen molar-refractivity contribution < 1.29 is 23.1 Å². The number of alkyl halides is 3. The molecule has 2 N–H and O–H groups in total. The zero-order chi connectivity index (χ0) is 14.8. The van der Waals surface area contributed by atoms with Gasteiger partial charge in [0.05, 0.1) is 0 Å². The van der Waals surface area contributed by atoms with Crippen molar-refractivity contribution in [2.24, 2.45) is 5.92 Å². The average Bonchev–Trinajstić information content (AvgIpc) is 2.26. The second kappa shape index (κ2) is 5.21. The Balaban J connectivity index is 3.16. The molecule has 0 aliphatic carbocycles. The summed E-state index contributed by atoms with van der Waals surface area (Å²) in [5.41, 5.74) is -2.77. The van der Waals surface area contributed by atoms with Crippen LogP contribution in [-0.4, -0.2) is 17.2 Å². The largest absolute Gasteiger partial charge is 0.421 e. The van der Waals surface area contributed by atoms with Gasteiger partial charge in [0, 0.05) is 12.6 Å². The molecule has 1 amide bonds. The summed E-state index contributed by atoms with van der Waals surface area (Å²) in [6.45, 7) is 3.90. The molecule has 0 radical (unpaired) electrons. The SMILES string of the molecule is CC(=O)Nc1ccc(C(O)(C(C)C)C(F)(F)F)cc1. The van der Waals surface area contributed by atoms with Crippen LogP contribution in [0.25, 0.3) is 0 Å². The van der Waals surface area contributed by atoms with E-state index in [1.807, 2.05) is 0 Å². The molecule has 1 rings (SSSR count). The van der Waals surface area contributed by atoms with Crippen LogP contribution in [0.3, 0.4) is 0 Å². The minimum absolute atomic E-state index is 0.246. The smallest absolute Gasteiger partial charge is 0.376 e. The lowest BCUT2D eigenvalue weighted by Crippen LogP contribution is -2.46. The number of hydrogen-bond acceptors (Lipinski definition) is 2. The highest BCUT2D eigenvalue weighted by molar-refractivity contribution is 5.88. The highest BCUT2D eigenvalue weighted by Gasteiger charge is 2.56. The standard InChI is InChI=1S/C13H16F3NO2/c1-8(2)12(19,13(14,15)16)10-4-6-11(7-5-10)17-9(3)18/h4-8,19H,1-3H3,(H,17,18). The lowest BCUT2D eigenvalue weighted by atomic mass is 9.82. The Bertz CT molecular complexity index is 454. The van der Waals surface area contributed by atoms with Crippen molar-refractivity contribution in [3.63, 3.8) is 0 Å². The predicted molar refractivity (Wildman–Crippen MR) is 65.5 cm³/mol. The molecule has 106 valence electrons. The van der Waals surface area contributed by atoms with Crippen molar-refractivity contribution in [3.05, 3.63) is 29.8 Å². The molecule has 1 aromatic rings. The zero-order valence-electron chi connectivity index (χ0n) is 10.9. The van der Waals surface area contributed by atoms with E-state index in [0.717, 1.165) is 0 Å². The number of halogens is 3. The van der Waals surface area contributed by atoms with Gasteiger partial charge in [-0.2, -0.15) is 13.2 Å². The molecule has 1 unspecified atom stereocenters. The van der Waals surface area contributed by atoms with Gasteiger partial charge in [-0.15, -0.1) is 0 Å². The second-order valence-corrected chi connectivity index (χ2v) is 4.68. The van der Waals surface area contributed by atoms with E-state index in [0.29, 0.717) is 5.69 Å². The number of amides is 1. The van der Waals surface area contributed by atoms with E-state index < -0.39 is 17.7 Å². The van der Waals surface area contributed by atoms with Crippen LogP contribution in [0.1, 0.15) is 26.3 Å². The van der Waals surface area contributed by atoms with Gasteiger partial charge in [-0.05, 0) is 23.6 Å². The van der Waals surface area contributed by atoms with Crippen LogP contribution < -0.4 is 5.32 Å². The molecule has 1 atom stereocenters. The van der Waals surface area contributed by atoms with E-state index in [1.165, 1.54) is 45.0 Å². The summed E-state index contributed by atoms with van der Waals surface area (Å²) in [4.78, 5) is 10.8. The monoisotopic (exact) mass is 275 g/mol. The summed E-state index contributed by atoms with van der Waals surface area (Å²) in [6, 6.07) is 4.99. The Morgan fingerprint density at radius 1 is 1.21 bits per heavy atom. The quantitative estimate of drug-likeness (QED) is 0.890. The molecule has 1 aromatic carbocycles. The van der Waals surface area contributed by atoms with Crippen molar-refractivity contribution in [1.29, 1.82) is 0 Å². The number of carbonyl (C=O) groups is 1. The van der Waals surface area contributed by atoms with Crippen LogP contribution >= 0.6 is 0 Å². The summed E-state index contributed by atoms with van der Waals surface area (Å²) >= 11 is 0. The molecule has 0 saturated heterocycles. The van der Waals surface area contributed by atoms with E-state index in [2.05, 4.69) is 5.32 Å². The summed E-state index contributed by atoms with van der Waals surface area (Å²) < 4.78 is 39.1. The van der Waals surface area contributed by atoms with Crippen LogP contribution in [0.4, 0.5) is 18.9 Å². The summed E-state index contributed by atoms with van der Waals surface area (Å²) in [5, 5.41) is 12.4. The Morgan fingerprint density at radius 3 is 2.00 bits per heavy atom. The highest BCUT2D eigenvalue weighted by Crippen LogP contribution is 2.44. The number of nitrogens with one attached hydrogen (secondary N) is 1. The fraction of sp³-hybridized carbons (Fsp3) is 0.462. The molecule has 6 heteroatoms. The fourth-order valence-electron chi connectivity index (χ4n) is 1.84. The summed E-state index contributed by atoms with van der Waals surface area (Å²) in [7, 11) is 0. The van der Waals surface area contributed by atoms with Crippen LogP contribution in [0.2, 0.25) is 0 Å². The first-order valence-electron chi connectivity index (χ1n) is 5.76. The lowest BCUT2D eigenvalue weighted by Gasteiger charge is -2.34. The second-order valence-electron chi connectivity index (χ2n) is 4.68. The van der Waals surface area contributed by atoms with Crippen molar-refractivity contribution >= 4 is 11.6 Å². The topological polar surface area (TPSA) is 49.3 Å². The molecular weight excluding hydrogens is 259 g/mol. The van der Waals surface area contributed by atoms with E-state index in [-0.39, 0.29) is 11.5 Å². The molecule has 19 heavy (non-hydrogen) atoms. The predicted octanol–water partition coefficient (Wildman–Crippen LogP) is 3.05. The zero-order valence-corrected chi connectivity index (χ0v) is 10.9. The minimum Gasteiger partial charge on any atom is -0.376 e. The number of carbonyl (C=O) groups excluding carboxylic acids is 1. The third kappa shape index (κ3) is 3.07. The van der Waals surface area contributed by atoms with Crippen molar-refractivity contribution in [3.8, 4) is 0 Å². The molecule has 0 aliphatic heterocycles. The number of benzene rings is 1. The third-order valence-electron chi connectivity index (χ3n) is 2.91. The van der Waals surface area contributed by atoms with Crippen LogP contribution in [0.15, 0.2) is 24.3 Å². The molecule has 0 bridgehead atoms. The van der Waals surface area contributed by atoms with Gasteiger partial charge in [0.15, 0.2) is 5.60 Å². The third-order valence-corrected chi connectivity index (χ3v) is 2.91. The summed E-state index contributed by atoms with van der Waals surface area (Å²) in [5.74, 6) is -1.35. The van der Waals surface area contributed by atoms with E-state index >= 15 is 0 Å². The molecule has 0 saturated carbocycles. The van der Waals surface area contributed by atoms with Gasteiger partial charge in [0.1, 0.15) is 0 Å². The molecular formula is C13H16F3NO2. The molecule has 0 fully saturated rings. The molecule has 3 nitrogen and oxygen atoms in total. The lowest BCUT2D eigenvalue weighted by molar-refractivity contribution is -0.283. The van der Waals surface area contributed by atoms with Crippen LogP contribution in [-0.2, 0) is 10.4 Å². The van der Waals surface area contributed by atoms with Crippen molar-refractivity contribution in [2.45, 2.75) is 32.5 Å².